The number of rotatable bonds is 6. The van der Waals surface area contributed by atoms with Crippen molar-refractivity contribution >= 4 is 5.97 Å². The molecule has 0 aliphatic carbocycles. The Hall–Kier alpha value is -0.790. The molecule has 1 unspecified atom stereocenters. The maximum Gasteiger partial charge on any atom is 0.306 e. The van der Waals surface area contributed by atoms with Gasteiger partial charge in [-0.25, -0.2) is 0 Å². The Morgan fingerprint density at radius 1 is 1.43 bits per heavy atom. The Morgan fingerprint density at radius 2 is 2.29 bits per heavy atom. The minimum atomic E-state index is -0.0330. The highest BCUT2D eigenvalue weighted by Crippen LogP contribution is 2.17. The lowest BCUT2D eigenvalue weighted by Gasteiger charge is -2.04. The van der Waals surface area contributed by atoms with Crippen LogP contribution < -0.4 is 0 Å². The number of unbranched alkanes of at least 4 members (excludes halogenated alkanes) is 3. The zero-order valence-electron chi connectivity index (χ0n) is 9.00. The van der Waals surface area contributed by atoms with Crippen molar-refractivity contribution in [2.75, 3.05) is 0 Å². The number of allylic oxidation sites excluding steroid dienone is 1. The molecular formula is C12H20O2. The molecule has 0 aromatic heterocycles. The van der Waals surface area contributed by atoms with E-state index in [1.54, 1.807) is 0 Å². The fourth-order valence-corrected chi connectivity index (χ4v) is 1.63. The molecule has 2 heteroatoms. The monoisotopic (exact) mass is 196 g/mol. The number of ether oxygens (including phenoxy) is 1. The molecule has 1 fully saturated rings. The molecule has 1 rings (SSSR count). The zero-order chi connectivity index (χ0) is 10.2. The third-order valence-electron chi connectivity index (χ3n) is 2.51. The minimum Gasteiger partial charge on any atom is -0.462 e. The molecule has 80 valence electrons. The second-order valence-electron chi connectivity index (χ2n) is 3.85. The van der Waals surface area contributed by atoms with Gasteiger partial charge in [0, 0.05) is 12.8 Å². The van der Waals surface area contributed by atoms with Gasteiger partial charge in [-0.2, -0.15) is 0 Å². The summed E-state index contributed by atoms with van der Waals surface area (Å²) in [7, 11) is 0. The van der Waals surface area contributed by atoms with E-state index in [9.17, 15) is 4.79 Å². The second-order valence-corrected chi connectivity index (χ2v) is 3.85. The van der Waals surface area contributed by atoms with Crippen LogP contribution >= 0.6 is 0 Å². The molecule has 0 aromatic carbocycles. The second kappa shape index (κ2) is 6.63. The van der Waals surface area contributed by atoms with Crippen LogP contribution in [0.3, 0.4) is 0 Å². The molecule has 0 radical (unpaired) electrons. The molecule has 2 nitrogen and oxygen atoms in total. The van der Waals surface area contributed by atoms with Gasteiger partial charge in [-0.1, -0.05) is 31.9 Å². The van der Waals surface area contributed by atoms with Crippen molar-refractivity contribution in [2.45, 2.75) is 58.0 Å². The quantitative estimate of drug-likeness (QED) is 0.370. The van der Waals surface area contributed by atoms with Crippen LogP contribution in [0.1, 0.15) is 51.9 Å². The Labute approximate surface area is 86.3 Å². The standard InChI is InChI=1S/C12H20O2/c1-2-3-4-5-6-7-8-11-9-10-12(13)14-11/h6-7,11H,2-5,8-10H2,1H3/b7-6+. The predicted molar refractivity (Wildman–Crippen MR) is 57.0 cm³/mol. The fraction of sp³-hybridized carbons (Fsp3) is 0.750. The van der Waals surface area contributed by atoms with Crippen LogP contribution in [0.4, 0.5) is 0 Å². The molecule has 0 amide bonds. The molecule has 0 bridgehead atoms. The lowest BCUT2D eigenvalue weighted by atomic mass is 10.1. The number of carbonyl (C=O) groups is 1. The van der Waals surface area contributed by atoms with Crippen molar-refractivity contribution < 1.29 is 9.53 Å². The molecule has 1 aliphatic rings. The first-order valence-electron chi connectivity index (χ1n) is 5.67. The minimum absolute atomic E-state index is 0.0330. The van der Waals surface area contributed by atoms with Crippen molar-refractivity contribution in [1.29, 1.82) is 0 Å². The lowest BCUT2D eigenvalue weighted by molar-refractivity contribution is -0.141. The first kappa shape index (κ1) is 11.3. The SMILES string of the molecule is CCCCC/C=C/CC1CCC(=O)O1. The summed E-state index contributed by atoms with van der Waals surface area (Å²) in [6.45, 7) is 2.21. The summed E-state index contributed by atoms with van der Waals surface area (Å²) in [5.74, 6) is -0.0330. The van der Waals surface area contributed by atoms with E-state index in [1.807, 2.05) is 0 Å². The normalized spacial score (nSPS) is 21.8. The van der Waals surface area contributed by atoms with E-state index in [0.717, 1.165) is 19.3 Å². The molecule has 0 spiro atoms. The zero-order valence-corrected chi connectivity index (χ0v) is 9.00. The van der Waals surface area contributed by atoms with E-state index in [1.165, 1.54) is 19.3 Å². The summed E-state index contributed by atoms with van der Waals surface area (Å²) in [4.78, 5) is 10.8. The molecule has 0 aromatic rings. The molecule has 1 heterocycles. The van der Waals surface area contributed by atoms with Gasteiger partial charge in [0.15, 0.2) is 0 Å². The van der Waals surface area contributed by atoms with Crippen LogP contribution in [-0.4, -0.2) is 12.1 Å². The van der Waals surface area contributed by atoms with Crippen LogP contribution in [0.5, 0.6) is 0 Å². The van der Waals surface area contributed by atoms with Crippen molar-refractivity contribution in [1.82, 2.24) is 0 Å². The van der Waals surface area contributed by atoms with Gasteiger partial charge in [0.25, 0.3) is 0 Å². The average Bonchev–Trinajstić information content (AvgIpc) is 2.58. The van der Waals surface area contributed by atoms with Gasteiger partial charge in [-0.15, -0.1) is 0 Å². The van der Waals surface area contributed by atoms with E-state index in [2.05, 4.69) is 19.1 Å². The number of hydrogen-bond donors (Lipinski definition) is 0. The highest BCUT2D eigenvalue weighted by molar-refractivity contribution is 5.71. The van der Waals surface area contributed by atoms with Gasteiger partial charge >= 0.3 is 5.97 Å². The Morgan fingerprint density at radius 3 is 2.93 bits per heavy atom. The predicted octanol–water partition coefficient (Wildman–Crippen LogP) is 3.22. The van der Waals surface area contributed by atoms with E-state index in [4.69, 9.17) is 4.74 Å². The average molecular weight is 196 g/mol. The van der Waals surface area contributed by atoms with Crippen LogP contribution in [-0.2, 0) is 9.53 Å². The highest BCUT2D eigenvalue weighted by atomic mass is 16.5. The summed E-state index contributed by atoms with van der Waals surface area (Å²) in [5, 5.41) is 0. The largest absolute Gasteiger partial charge is 0.462 e. The molecular weight excluding hydrogens is 176 g/mol. The number of esters is 1. The number of hydrogen-bond acceptors (Lipinski definition) is 2. The van der Waals surface area contributed by atoms with Crippen molar-refractivity contribution in [3.63, 3.8) is 0 Å². The molecule has 14 heavy (non-hydrogen) atoms. The maximum atomic E-state index is 10.8. The van der Waals surface area contributed by atoms with Crippen LogP contribution in [0.2, 0.25) is 0 Å². The summed E-state index contributed by atoms with van der Waals surface area (Å²) in [5.41, 5.74) is 0. The van der Waals surface area contributed by atoms with E-state index < -0.39 is 0 Å². The van der Waals surface area contributed by atoms with Crippen LogP contribution in [0.25, 0.3) is 0 Å². The molecule has 1 aliphatic heterocycles. The molecule has 1 atom stereocenters. The maximum absolute atomic E-state index is 10.8. The highest BCUT2D eigenvalue weighted by Gasteiger charge is 2.21. The van der Waals surface area contributed by atoms with E-state index in [-0.39, 0.29) is 12.1 Å². The first-order chi connectivity index (χ1) is 6.83. The van der Waals surface area contributed by atoms with Gasteiger partial charge in [0.05, 0.1) is 0 Å². The summed E-state index contributed by atoms with van der Waals surface area (Å²) in [6, 6.07) is 0. The lowest BCUT2D eigenvalue weighted by Crippen LogP contribution is -2.04. The number of cyclic esters (lactones) is 1. The fourth-order valence-electron chi connectivity index (χ4n) is 1.63. The molecule has 0 saturated carbocycles. The van der Waals surface area contributed by atoms with Crippen molar-refractivity contribution in [2.24, 2.45) is 0 Å². The third kappa shape index (κ3) is 4.45. The van der Waals surface area contributed by atoms with Gasteiger partial charge in [0.1, 0.15) is 6.10 Å². The van der Waals surface area contributed by atoms with Gasteiger partial charge in [0.2, 0.25) is 0 Å². The van der Waals surface area contributed by atoms with Gasteiger partial charge < -0.3 is 4.74 Å². The number of carbonyl (C=O) groups excluding carboxylic acids is 1. The Kier molecular flexibility index (Phi) is 5.35. The molecule has 1 saturated heterocycles. The van der Waals surface area contributed by atoms with E-state index >= 15 is 0 Å². The topological polar surface area (TPSA) is 26.3 Å². The van der Waals surface area contributed by atoms with Gasteiger partial charge in [-0.05, 0) is 19.3 Å². The van der Waals surface area contributed by atoms with E-state index in [0.29, 0.717) is 6.42 Å². The molecule has 0 N–H and O–H groups in total. The van der Waals surface area contributed by atoms with Crippen LogP contribution in [0.15, 0.2) is 12.2 Å². The Balaban J connectivity index is 1.99. The summed E-state index contributed by atoms with van der Waals surface area (Å²) >= 11 is 0. The van der Waals surface area contributed by atoms with Crippen molar-refractivity contribution in [3.05, 3.63) is 12.2 Å². The summed E-state index contributed by atoms with van der Waals surface area (Å²) in [6.07, 6.45) is 11.9. The van der Waals surface area contributed by atoms with Crippen LogP contribution in [0, 0.1) is 0 Å². The van der Waals surface area contributed by atoms with Gasteiger partial charge in [-0.3, -0.25) is 4.79 Å². The van der Waals surface area contributed by atoms with Crippen molar-refractivity contribution in [3.8, 4) is 0 Å². The smallest absolute Gasteiger partial charge is 0.306 e. The summed E-state index contributed by atoms with van der Waals surface area (Å²) < 4.78 is 5.10. The Bertz CT molecular complexity index is 196. The third-order valence-corrected chi connectivity index (χ3v) is 2.51. The first-order valence-corrected chi connectivity index (χ1v) is 5.67.